The summed E-state index contributed by atoms with van der Waals surface area (Å²) in [5, 5.41) is 0. The number of piperazine rings is 1. The third-order valence-electron chi connectivity index (χ3n) is 5.29. The molecule has 150 valence electrons. The molecule has 0 N–H and O–H groups in total. The van der Waals surface area contributed by atoms with Crippen LogP contribution in [0.25, 0.3) is 28.4 Å². The Hall–Kier alpha value is -3.88. The van der Waals surface area contributed by atoms with Gasteiger partial charge in [0.05, 0.1) is 18.1 Å². The highest BCUT2D eigenvalue weighted by Crippen LogP contribution is 2.23. The molecule has 1 fully saturated rings. The third-order valence-corrected chi connectivity index (χ3v) is 5.29. The second kappa shape index (κ2) is 7.51. The number of hydrogen-bond donors (Lipinski definition) is 0. The molecule has 4 aromatic heterocycles. The molecule has 0 spiro atoms. The van der Waals surface area contributed by atoms with E-state index in [-0.39, 0.29) is 5.91 Å². The van der Waals surface area contributed by atoms with Crippen molar-refractivity contribution in [2.24, 2.45) is 0 Å². The monoisotopic (exact) mass is 400 g/mol. The molecule has 1 amide bonds. The van der Waals surface area contributed by atoms with Gasteiger partial charge >= 0.3 is 0 Å². The van der Waals surface area contributed by atoms with E-state index >= 15 is 0 Å². The number of anilines is 1. The second-order valence-corrected chi connectivity index (χ2v) is 7.11. The van der Waals surface area contributed by atoms with Crippen LogP contribution in [-0.4, -0.2) is 66.3 Å². The topological polar surface area (TPSA) is 92.4 Å². The number of aromatic nitrogens is 6. The molecule has 1 saturated heterocycles. The zero-order chi connectivity index (χ0) is 20.5. The lowest BCUT2D eigenvalue weighted by atomic mass is 10.2. The Labute approximate surface area is 173 Å². The lowest BCUT2D eigenvalue weighted by Crippen LogP contribution is -2.48. The molecule has 5 heterocycles. The summed E-state index contributed by atoms with van der Waals surface area (Å²) in [4.78, 5) is 37.9. The van der Waals surface area contributed by atoms with Crippen LogP contribution in [0.5, 0.6) is 0 Å². The van der Waals surface area contributed by atoms with Crippen molar-refractivity contribution in [1.29, 1.82) is 0 Å². The summed E-state index contributed by atoms with van der Waals surface area (Å²) in [6.07, 6.45) is 10.7. The van der Waals surface area contributed by atoms with Gasteiger partial charge in [-0.25, -0.2) is 15.0 Å². The van der Waals surface area contributed by atoms with E-state index in [0.717, 1.165) is 41.5 Å². The van der Waals surface area contributed by atoms with Crippen molar-refractivity contribution in [1.82, 2.24) is 34.2 Å². The first-order chi connectivity index (χ1) is 14.7. The minimum Gasteiger partial charge on any atom is -0.353 e. The molecule has 0 radical (unpaired) electrons. The fourth-order valence-corrected chi connectivity index (χ4v) is 3.63. The summed E-state index contributed by atoms with van der Waals surface area (Å²) in [6.45, 7) is 4.51. The number of rotatable bonds is 3. The molecule has 0 unspecified atom stereocenters. The van der Waals surface area contributed by atoms with Crippen LogP contribution in [0.4, 0.5) is 5.82 Å². The molecule has 9 heteroatoms. The van der Waals surface area contributed by atoms with Gasteiger partial charge in [0.25, 0.3) is 0 Å². The van der Waals surface area contributed by atoms with E-state index in [1.165, 1.54) is 0 Å². The number of imidazole rings is 1. The Balaban J connectivity index is 1.47. The summed E-state index contributed by atoms with van der Waals surface area (Å²) < 4.78 is 1.95. The van der Waals surface area contributed by atoms with Crippen molar-refractivity contribution in [3.63, 3.8) is 0 Å². The Morgan fingerprint density at radius 3 is 2.50 bits per heavy atom. The quantitative estimate of drug-likeness (QED) is 0.519. The van der Waals surface area contributed by atoms with Crippen molar-refractivity contribution in [3.05, 3.63) is 55.4 Å². The summed E-state index contributed by atoms with van der Waals surface area (Å²) in [6, 6.07) is 5.74. The zero-order valence-corrected chi connectivity index (χ0v) is 16.5. The lowest BCUT2D eigenvalue weighted by molar-refractivity contribution is -0.129. The van der Waals surface area contributed by atoms with Crippen molar-refractivity contribution >= 4 is 17.4 Å². The van der Waals surface area contributed by atoms with E-state index in [4.69, 9.17) is 4.98 Å². The fourth-order valence-electron chi connectivity index (χ4n) is 3.63. The van der Waals surface area contributed by atoms with E-state index in [1.54, 1.807) is 37.9 Å². The van der Waals surface area contributed by atoms with Gasteiger partial charge in [-0.1, -0.05) is 0 Å². The van der Waals surface area contributed by atoms with Gasteiger partial charge in [0.1, 0.15) is 11.5 Å². The van der Waals surface area contributed by atoms with Gasteiger partial charge in [-0.15, -0.1) is 0 Å². The van der Waals surface area contributed by atoms with Crippen molar-refractivity contribution < 1.29 is 4.79 Å². The SMILES string of the molecule is CC(=O)N1CCN(c2ccnc(-c3cnc4cnc(-c5ccncc5)cn34)n2)CC1. The van der Waals surface area contributed by atoms with E-state index in [0.29, 0.717) is 18.9 Å². The first-order valence-corrected chi connectivity index (χ1v) is 9.76. The maximum Gasteiger partial charge on any atom is 0.219 e. The van der Waals surface area contributed by atoms with E-state index in [1.807, 2.05) is 33.7 Å². The normalized spacial score (nSPS) is 14.3. The Kier molecular flexibility index (Phi) is 4.55. The van der Waals surface area contributed by atoms with Crippen LogP contribution in [0.1, 0.15) is 6.92 Å². The average molecular weight is 400 g/mol. The van der Waals surface area contributed by atoms with Gasteiger partial charge in [0.2, 0.25) is 5.91 Å². The zero-order valence-electron chi connectivity index (χ0n) is 16.5. The van der Waals surface area contributed by atoms with Crippen LogP contribution in [0.3, 0.4) is 0 Å². The highest BCUT2D eigenvalue weighted by molar-refractivity contribution is 5.73. The predicted molar refractivity (Wildman–Crippen MR) is 112 cm³/mol. The molecule has 0 bridgehead atoms. The number of carbonyl (C=O) groups is 1. The number of carbonyl (C=O) groups excluding carboxylic acids is 1. The molecule has 0 aromatic carbocycles. The van der Waals surface area contributed by atoms with Crippen molar-refractivity contribution in [3.8, 4) is 22.8 Å². The average Bonchev–Trinajstić information content (AvgIpc) is 3.23. The Bertz CT molecular complexity index is 1200. The van der Waals surface area contributed by atoms with Crippen molar-refractivity contribution in [2.45, 2.75) is 6.92 Å². The van der Waals surface area contributed by atoms with Crippen LogP contribution < -0.4 is 4.90 Å². The van der Waals surface area contributed by atoms with Gasteiger partial charge in [-0.3, -0.25) is 19.2 Å². The number of pyridine rings is 1. The Morgan fingerprint density at radius 2 is 1.73 bits per heavy atom. The summed E-state index contributed by atoms with van der Waals surface area (Å²) in [5.41, 5.74) is 3.32. The lowest BCUT2D eigenvalue weighted by Gasteiger charge is -2.34. The standard InChI is InChI=1S/C21H20N8O/c1-15(30)27-8-10-28(11-9-27)19-4-7-23-21(26-19)18-12-25-20-13-24-17(14-29(18)20)16-2-5-22-6-3-16/h2-7,12-14H,8-11H2,1H3. The molecular weight excluding hydrogens is 380 g/mol. The first kappa shape index (κ1) is 18.2. The number of nitrogens with zero attached hydrogens (tertiary/aromatic N) is 8. The van der Waals surface area contributed by atoms with E-state index < -0.39 is 0 Å². The smallest absolute Gasteiger partial charge is 0.219 e. The van der Waals surface area contributed by atoms with Gasteiger partial charge in [0.15, 0.2) is 11.5 Å². The maximum absolute atomic E-state index is 11.6. The minimum atomic E-state index is 0.113. The second-order valence-electron chi connectivity index (χ2n) is 7.11. The largest absolute Gasteiger partial charge is 0.353 e. The van der Waals surface area contributed by atoms with Gasteiger partial charge in [-0.2, -0.15) is 0 Å². The number of amides is 1. The van der Waals surface area contributed by atoms with E-state index in [9.17, 15) is 4.79 Å². The molecule has 30 heavy (non-hydrogen) atoms. The summed E-state index contributed by atoms with van der Waals surface area (Å²) in [7, 11) is 0. The fraction of sp³-hybridized carbons (Fsp3) is 0.238. The summed E-state index contributed by atoms with van der Waals surface area (Å²) in [5.74, 6) is 1.56. The highest BCUT2D eigenvalue weighted by atomic mass is 16.2. The van der Waals surface area contributed by atoms with Crippen LogP contribution in [0.2, 0.25) is 0 Å². The molecule has 0 aliphatic carbocycles. The summed E-state index contributed by atoms with van der Waals surface area (Å²) >= 11 is 0. The molecular formula is C21H20N8O. The van der Waals surface area contributed by atoms with Gasteiger partial charge < -0.3 is 9.80 Å². The van der Waals surface area contributed by atoms with Crippen LogP contribution in [0.15, 0.2) is 55.4 Å². The van der Waals surface area contributed by atoms with Crippen molar-refractivity contribution in [2.75, 3.05) is 31.1 Å². The number of fused-ring (bicyclic) bond motifs is 1. The van der Waals surface area contributed by atoms with E-state index in [2.05, 4.69) is 24.8 Å². The third kappa shape index (κ3) is 3.34. The Morgan fingerprint density at radius 1 is 0.933 bits per heavy atom. The van der Waals surface area contributed by atoms with Gasteiger partial charge in [-0.05, 0) is 18.2 Å². The molecule has 4 aromatic rings. The molecule has 1 aliphatic heterocycles. The molecule has 0 atom stereocenters. The van der Waals surface area contributed by atoms with Crippen LogP contribution in [-0.2, 0) is 4.79 Å². The molecule has 5 rings (SSSR count). The predicted octanol–water partition coefficient (Wildman–Crippen LogP) is 1.92. The van der Waals surface area contributed by atoms with Crippen LogP contribution in [0, 0.1) is 0 Å². The first-order valence-electron chi connectivity index (χ1n) is 9.76. The van der Waals surface area contributed by atoms with Gasteiger partial charge in [0, 0.05) is 63.5 Å². The molecule has 0 saturated carbocycles. The molecule has 1 aliphatic rings. The minimum absolute atomic E-state index is 0.113. The van der Waals surface area contributed by atoms with Crippen LogP contribution >= 0.6 is 0 Å². The maximum atomic E-state index is 11.6. The number of hydrogen-bond acceptors (Lipinski definition) is 7. The molecule has 9 nitrogen and oxygen atoms in total. The highest BCUT2D eigenvalue weighted by Gasteiger charge is 2.20.